The summed E-state index contributed by atoms with van der Waals surface area (Å²) in [5.41, 5.74) is 3.00. The van der Waals surface area contributed by atoms with Gasteiger partial charge in [0.25, 0.3) is 0 Å². The Kier molecular flexibility index (Phi) is 4.51. The quantitative estimate of drug-likeness (QED) is 0.756. The minimum Gasteiger partial charge on any atom is -0.491 e. The van der Waals surface area contributed by atoms with Gasteiger partial charge in [0.15, 0.2) is 0 Å². The number of ether oxygens (including phenoxy) is 1. The van der Waals surface area contributed by atoms with E-state index in [1.54, 1.807) is 0 Å². The SMILES string of the molecule is CC(C)Oc1ccc2[nH]nc(-c3ccnc(N4CCN[C@@H](C)C4)c3)c2c1. The number of hydrogen-bond acceptors (Lipinski definition) is 5. The van der Waals surface area contributed by atoms with E-state index in [9.17, 15) is 0 Å². The third kappa shape index (κ3) is 3.37. The Labute approximate surface area is 153 Å². The molecule has 1 fully saturated rings. The first kappa shape index (κ1) is 16.8. The molecule has 0 aliphatic carbocycles. The van der Waals surface area contributed by atoms with Crippen LogP contribution in [-0.4, -0.2) is 47.0 Å². The van der Waals surface area contributed by atoms with Crippen molar-refractivity contribution in [2.75, 3.05) is 24.5 Å². The summed E-state index contributed by atoms with van der Waals surface area (Å²) in [5.74, 6) is 1.86. The van der Waals surface area contributed by atoms with E-state index >= 15 is 0 Å². The van der Waals surface area contributed by atoms with Crippen LogP contribution in [0.2, 0.25) is 0 Å². The van der Waals surface area contributed by atoms with Gasteiger partial charge in [-0.3, -0.25) is 5.10 Å². The predicted molar refractivity (Wildman–Crippen MR) is 105 cm³/mol. The average molecular weight is 351 g/mol. The Morgan fingerprint density at radius 3 is 2.92 bits per heavy atom. The van der Waals surface area contributed by atoms with Gasteiger partial charge in [-0.25, -0.2) is 4.98 Å². The smallest absolute Gasteiger partial charge is 0.129 e. The number of piperazine rings is 1. The molecule has 136 valence electrons. The average Bonchev–Trinajstić information content (AvgIpc) is 3.04. The van der Waals surface area contributed by atoms with Gasteiger partial charge in [0, 0.05) is 42.8 Å². The molecule has 1 aliphatic rings. The third-order valence-electron chi connectivity index (χ3n) is 4.62. The molecule has 4 rings (SSSR count). The minimum absolute atomic E-state index is 0.144. The second-order valence-electron chi connectivity index (χ2n) is 7.15. The molecule has 26 heavy (non-hydrogen) atoms. The van der Waals surface area contributed by atoms with Gasteiger partial charge in [0.05, 0.1) is 11.6 Å². The van der Waals surface area contributed by atoms with Crippen molar-refractivity contribution >= 4 is 16.7 Å². The summed E-state index contributed by atoms with van der Waals surface area (Å²) >= 11 is 0. The van der Waals surface area contributed by atoms with Gasteiger partial charge in [-0.1, -0.05) is 0 Å². The number of aromatic nitrogens is 3. The number of pyridine rings is 1. The van der Waals surface area contributed by atoms with Crippen LogP contribution in [0.15, 0.2) is 36.5 Å². The highest BCUT2D eigenvalue weighted by Crippen LogP contribution is 2.31. The largest absolute Gasteiger partial charge is 0.491 e. The van der Waals surface area contributed by atoms with Crippen molar-refractivity contribution in [1.82, 2.24) is 20.5 Å². The van der Waals surface area contributed by atoms with Crippen LogP contribution in [0.1, 0.15) is 20.8 Å². The maximum atomic E-state index is 5.84. The highest BCUT2D eigenvalue weighted by molar-refractivity contribution is 5.94. The maximum absolute atomic E-state index is 5.84. The molecule has 1 atom stereocenters. The fraction of sp³-hybridized carbons (Fsp3) is 0.400. The molecule has 2 aromatic heterocycles. The van der Waals surface area contributed by atoms with E-state index in [2.05, 4.69) is 44.5 Å². The Balaban J connectivity index is 1.70. The Bertz CT molecular complexity index is 904. The van der Waals surface area contributed by atoms with E-state index in [0.29, 0.717) is 6.04 Å². The van der Waals surface area contributed by atoms with Crippen molar-refractivity contribution < 1.29 is 4.74 Å². The van der Waals surface area contributed by atoms with E-state index in [-0.39, 0.29) is 6.10 Å². The number of benzene rings is 1. The number of anilines is 1. The summed E-state index contributed by atoms with van der Waals surface area (Å²) in [6, 6.07) is 10.7. The first-order valence-electron chi connectivity index (χ1n) is 9.19. The molecule has 1 aliphatic heterocycles. The summed E-state index contributed by atoms with van der Waals surface area (Å²) in [7, 11) is 0. The zero-order chi connectivity index (χ0) is 18.1. The molecule has 0 saturated carbocycles. The molecule has 1 saturated heterocycles. The molecule has 3 heterocycles. The Morgan fingerprint density at radius 2 is 2.12 bits per heavy atom. The number of H-pyrrole nitrogens is 1. The summed E-state index contributed by atoms with van der Waals surface area (Å²) in [6.45, 7) is 9.18. The molecular weight excluding hydrogens is 326 g/mol. The second kappa shape index (κ2) is 6.96. The predicted octanol–water partition coefficient (Wildman–Crippen LogP) is 3.21. The van der Waals surface area contributed by atoms with Crippen molar-refractivity contribution in [1.29, 1.82) is 0 Å². The van der Waals surface area contributed by atoms with E-state index < -0.39 is 0 Å². The van der Waals surface area contributed by atoms with E-state index in [1.165, 1.54) is 0 Å². The van der Waals surface area contributed by atoms with E-state index in [0.717, 1.165) is 53.4 Å². The van der Waals surface area contributed by atoms with Crippen LogP contribution in [0.5, 0.6) is 5.75 Å². The highest BCUT2D eigenvalue weighted by atomic mass is 16.5. The number of nitrogens with zero attached hydrogens (tertiary/aromatic N) is 3. The summed E-state index contributed by atoms with van der Waals surface area (Å²) in [6.07, 6.45) is 2.01. The molecule has 0 unspecified atom stereocenters. The number of aromatic amines is 1. The van der Waals surface area contributed by atoms with Gasteiger partial charge in [-0.15, -0.1) is 0 Å². The van der Waals surface area contributed by atoms with Gasteiger partial charge in [-0.2, -0.15) is 5.10 Å². The van der Waals surface area contributed by atoms with Crippen molar-refractivity contribution in [3.63, 3.8) is 0 Å². The second-order valence-corrected chi connectivity index (χ2v) is 7.15. The first-order chi connectivity index (χ1) is 12.6. The van der Waals surface area contributed by atoms with Crippen LogP contribution >= 0.6 is 0 Å². The van der Waals surface area contributed by atoms with Crippen LogP contribution < -0.4 is 15.0 Å². The monoisotopic (exact) mass is 351 g/mol. The summed E-state index contributed by atoms with van der Waals surface area (Å²) in [5, 5.41) is 12.2. The number of nitrogens with one attached hydrogen (secondary N) is 2. The van der Waals surface area contributed by atoms with Crippen LogP contribution in [0.3, 0.4) is 0 Å². The maximum Gasteiger partial charge on any atom is 0.129 e. The minimum atomic E-state index is 0.144. The molecule has 6 heteroatoms. The molecule has 0 bridgehead atoms. The molecule has 1 aromatic carbocycles. The lowest BCUT2D eigenvalue weighted by Crippen LogP contribution is -2.49. The topological polar surface area (TPSA) is 66.1 Å². The van der Waals surface area contributed by atoms with Crippen LogP contribution in [0, 0.1) is 0 Å². The number of hydrogen-bond donors (Lipinski definition) is 2. The van der Waals surface area contributed by atoms with Crippen molar-refractivity contribution in [2.45, 2.75) is 32.9 Å². The Morgan fingerprint density at radius 1 is 1.23 bits per heavy atom. The van der Waals surface area contributed by atoms with E-state index in [4.69, 9.17) is 4.74 Å². The van der Waals surface area contributed by atoms with Gasteiger partial charge < -0.3 is 15.0 Å². The number of rotatable bonds is 4. The highest BCUT2D eigenvalue weighted by Gasteiger charge is 2.18. The number of fused-ring (bicyclic) bond motifs is 1. The molecule has 0 spiro atoms. The molecule has 6 nitrogen and oxygen atoms in total. The fourth-order valence-corrected chi connectivity index (χ4v) is 3.44. The van der Waals surface area contributed by atoms with Gasteiger partial charge >= 0.3 is 0 Å². The van der Waals surface area contributed by atoms with Crippen LogP contribution in [0.4, 0.5) is 5.82 Å². The van der Waals surface area contributed by atoms with Crippen molar-refractivity contribution in [3.8, 4) is 17.0 Å². The molecule has 3 aromatic rings. The normalized spacial score (nSPS) is 17.8. The van der Waals surface area contributed by atoms with Crippen LogP contribution in [0.25, 0.3) is 22.2 Å². The molecule has 0 radical (unpaired) electrons. The first-order valence-corrected chi connectivity index (χ1v) is 9.19. The zero-order valence-corrected chi connectivity index (χ0v) is 15.5. The van der Waals surface area contributed by atoms with Crippen molar-refractivity contribution in [3.05, 3.63) is 36.5 Å². The van der Waals surface area contributed by atoms with Crippen LogP contribution in [-0.2, 0) is 0 Å². The van der Waals surface area contributed by atoms with E-state index in [1.807, 2.05) is 38.2 Å². The molecular formula is C20H25N5O. The third-order valence-corrected chi connectivity index (χ3v) is 4.62. The Hall–Kier alpha value is -2.60. The standard InChI is InChI=1S/C20H25N5O/c1-13(2)26-16-4-5-18-17(11-16)20(24-23-18)15-6-7-22-19(10-15)25-9-8-21-14(3)12-25/h4-7,10-11,13-14,21H,8-9,12H2,1-3H3,(H,23,24)/t14-/m0/s1. The van der Waals surface area contributed by atoms with Crippen molar-refractivity contribution in [2.24, 2.45) is 0 Å². The fourth-order valence-electron chi connectivity index (χ4n) is 3.44. The molecule has 2 N–H and O–H groups in total. The van der Waals surface area contributed by atoms with Gasteiger partial charge in [0.2, 0.25) is 0 Å². The lowest BCUT2D eigenvalue weighted by Gasteiger charge is -2.32. The van der Waals surface area contributed by atoms with Gasteiger partial charge in [-0.05, 0) is 51.1 Å². The lowest BCUT2D eigenvalue weighted by atomic mass is 10.1. The molecule has 0 amide bonds. The summed E-state index contributed by atoms with van der Waals surface area (Å²) < 4.78 is 5.84. The van der Waals surface area contributed by atoms with Gasteiger partial charge in [0.1, 0.15) is 17.3 Å². The zero-order valence-electron chi connectivity index (χ0n) is 15.5. The lowest BCUT2D eigenvalue weighted by molar-refractivity contribution is 0.243. The summed E-state index contributed by atoms with van der Waals surface area (Å²) in [4.78, 5) is 6.91.